The summed E-state index contributed by atoms with van der Waals surface area (Å²) in [7, 11) is 0. The second-order valence-corrected chi connectivity index (χ2v) is 8.04. The summed E-state index contributed by atoms with van der Waals surface area (Å²) in [5.74, 6) is 1.47. The third-order valence-corrected chi connectivity index (χ3v) is 5.94. The Morgan fingerprint density at radius 2 is 1.76 bits per heavy atom. The summed E-state index contributed by atoms with van der Waals surface area (Å²) < 4.78 is 1.65. The number of pyridine rings is 1. The van der Waals surface area contributed by atoms with Gasteiger partial charge in [-0.15, -0.1) is 5.10 Å². The second-order valence-electron chi connectivity index (χ2n) is 8.04. The van der Waals surface area contributed by atoms with Crippen LogP contribution < -0.4 is 10.2 Å². The number of nitrogens with zero attached hydrogens (tertiary/aromatic N) is 8. The predicted molar refractivity (Wildman–Crippen MR) is 128 cm³/mol. The Balaban J connectivity index is 1.21. The minimum absolute atomic E-state index is 0.00471. The smallest absolute Gasteiger partial charge is 0.254 e. The van der Waals surface area contributed by atoms with Crippen LogP contribution in [0.25, 0.3) is 16.7 Å². The molecule has 1 fully saturated rings. The first kappa shape index (κ1) is 20.0. The Hall–Kier alpha value is -4.60. The van der Waals surface area contributed by atoms with Gasteiger partial charge in [0.1, 0.15) is 5.82 Å². The van der Waals surface area contributed by atoms with Gasteiger partial charge in [0.15, 0.2) is 5.82 Å². The first-order valence-corrected chi connectivity index (χ1v) is 11.1. The predicted octanol–water partition coefficient (Wildman–Crippen LogP) is 2.77. The summed E-state index contributed by atoms with van der Waals surface area (Å²) in [5.41, 5.74) is 3.46. The van der Waals surface area contributed by atoms with Crippen molar-refractivity contribution in [2.45, 2.75) is 0 Å². The first-order valence-electron chi connectivity index (χ1n) is 11.1. The molecule has 0 saturated carbocycles. The average molecular weight is 451 g/mol. The van der Waals surface area contributed by atoms with E-state index in [0.717, 1.165) is 35.6 Å². The number of benzene rings is 2. The van der Waals surface area contributed by atoms with E-state index < -0.39 is 0 Å². The number of nitrogens with one attached hydrogen (secondary N) is 1. The number of hydrogen-bond acceptors (Lipinski definition) is 8. The molecule has 168 valence electrons. The summed E-state index contributed by atoms with van der Waals surface area (Å²) in [6.45, 7) is 2.79. The number of carbonyl (C=O) groups excluding carboxylic acids is 1. The number of anilines is 3. The van der Waals surface area contributed by atoms with Crippen LogP contribution >= 0.6 is 0 Å². The van der Waals surface area contributed by atoms with Crippen LogP contribution in [0, 0.1) is 0 Å². The molecule has 10 nitrogen and oxygen atoms in total. The van der Waals surface area contributed by atoms with Crippen LogP contribution in [0.15, 0.2) is 72.9 Å². The fourth-order valence-corrected chi connectivity index (χ4v) is 4.22. The average Bonchev–Trinajstić information content (AvgIpc) is 3.40. The molecule has 4 heterocycles. The standard InChI is InChI=1S/C24H21N9O/c34-24(32-14-12-31(13-15-32)21-10-3-4-11-25-21)17-6-5-7-18(16-17)26-22-23-28-29-30-33(23)20-9-2-1-8-19(20)27-22/h1-11,16H,12-15H2,(H,26,27). The summed E-state index contributed by atoms with van der Waals surface area (Å²) in [6, 6.07) is 21.0. The molecule has 6 rings (SSSR count). The van der Waals surface area contributed by atoms with E-state index in [0.29, 0.717) is 30.1 Å². The van der Waals surface area contributed by atoms with E-state index in [9.17, 15) is 4.79 Å². The Morgan fingerprint density at radius 1 is 0.912 bits per heavy atom. The second kappa shape index (κ2) is 8.39. The van der Waals surface area contributed by atoms with Crippen molar-refractivity contribution < 1.29 is 4.79 Å². The number of para-hydroxylation sites is 2. The van der Waals surface area contributed by atoms with Gasteiger partial charge in [0.05, 0.1) is 11.0 Å². The lowest BCUT2D eigenvalue weighted by Gasteiger charge is -2.35. The molecular weight excluding hydrogens is 430 g/mol. The first-order chi connectivity index (χ1) is 16.8. The fraction of sp³-hybridized carbons (Fsp3) is 0.167. The lowest BCUT2D eigenvalue weighted by Crippen LogP contribution is -2.49. The van der Waals surface area contributed by atoms with Gasteiger partial charge in [-0.25, -0.2) is 9.97 Å². The number of aromatic nitrogens is 6. The highest BCUT2D eigenvalue weighted by Crippen LogP contribution is 2.24. The van der Waals surface area contributed by atoms with Crippen molar-refractivity contribution in [3.63, 3.8) is 0 Å². The molecule has 0 bridgehead atoms. The van der Waals surface area contributed by atoms with E-state index in [2.05, 4.69) is 30.7 Å². The molecule has 0 spiro atoms. The molecule has 5 aromatic rings. The molecule has 0 aliphatic carbocycles. The SMILES string of the molecule is O=C(c1cccc(Nc2nc3ccccc3n3nnnc23)c1)N1CCN(c2ccccn2)CC1. The highest BCUT2D eigenvalue weighted by Gasteiger charge is 2.23. The number of carbonyl (C=O) groups is 1. The third kappa shape index (κ3) is 3.64. The van der Waals surface area contributed by atoms with Gasteiger partial charge in [-0.1, -0.05) is 24.3 Å². The number of tetrazole rings is 1. The molecule has 0 radical (unpaired) electrons. The fourth-order valence-electron chi connectivity index (χ4n) is 4.22. The van der Waals surface area contributed by atoms with Gasteiger partial charge in [0.25, 0.3) is 5.91 Å². The van der Waals surface area contributed by atoms with Gasteiger partial charge < -0.3 is 15.1 Å². The summed E-state index contributed by atoms with van der Waals surface area (Å²) in [4.78, 5) is 26.4. The van der Waals surface area contributed by atoms with E-state index in [1.165, 1.54) is 0 Å². The van der Waals surface area contributed by atoms with Crippen molar-refractivity contribution in [3.05, 3.63) is 78.5 Å². The molecule has 0 atom stereocenters. The van der Waals surface area contributed by atoms with Crippen molar-refractivity contribution in [2.75, 3.05) is 36.4 Å². The number of fused-ring (bicyclic) bond motifs is 3. The normalized spacial score (nSPS) is 14.0. The summed E-state index contributed by atoms with van der Waals surface area (Å²) in [5, 5.41) is 15.3. The maximum Gasteiger partial charge on any atom is 0.254 e. The molecule has 1 aliphatic heterocycles. The zero-order valence-corrected chi connectivity index (χ0v) is 18.2. The minimum atomic E-state index is 0.00471. The molecule has 1 N–H and O–H groups in total. The molecule has 2 aromatic carbocycles. The van der Waals surface area contributed by atoms with Crippen LogP contribution in [0.3, 0.4) is 0 Å². The van der Waals surface area contributed by atoms with Crippen LogP contribution in [0.4, 0.5) is 17.3 Å². The maximum atomic E-state index is 13.2. The lowest BCUT2D eigenvalue weighted by atomic mass is 10.1. The van der Waals surface area contributed by atoms with Crippen molar-refractivity contribution in [3.8, 4) is 0 Å². The molecule has 1 saturated heterocycles. The topological polar surface area (TPSA) is 104 Å². The van der Waals surface area contributed by atoms with Crippen molar-refractivity contribution >= 4 is 39.9 Å². The van der Waals surface area contributed by atoms with E-state index in [1.54, 1.807) is 10.7 Å². The zero-order valence-electron chi connectivity index (χ0n) is 18.2. The Bertz CT molecular complexity index is 1480. The molecule has 1 amide bonds. The zero-order chi connectivity index (χ0) is 22.9. The lowest BCUT2D eigenvalue weighted by molar-refractivity contribution is 0.0746. The number of rotatable bonds is 4. The Labute approximate surface area is 194 Å². The molecular formula is C24H21N9O. The van der Waals surface area contributed by atoms with Gasteiger partial charge in [-0.05, 0) is 52.9 Å². The van der Waals surface area contributed by atoms with E-state index in [1.807, 2.05) is 71.6 Å². The summed E-state index contributed by atoms with van der Waals surface area (Å²) >= 11 is 0. The van der Waals surface area contributed by atoms with Gasteiger partial charge >= 0.3 is 0 Å². The highest BCUT2D eigenvalue weighted by molar-refractivity contribution is 5.95. The van der Waals surface area contributed by atoms with Crippen molar-refractivity contribution in [2.24, 2.45) is 0 Å². The third-order valence-electron chi connectivity index (χ3n) is 5.94. The van der Waals surface area contributed by atoms with Crippen LogP contribution in [0.5, 0.6) is 0 Å². The highest BCUT2D eigenvalue weighted by atomic mass is 16.2. The number of amides is 1. The van der Waals surface area contributed by atoms with Gasteiger partial charge in [0, 0.05) is 43.6 Å². The van der Waals surface area contributed by atoms with E-state index in [-0.39, 0.29) is 5.91 Å². The molecule has 1 aliphatic rings. The van der Waals surface area contributed by atoms with E-state index in [4.69, 9.17) is 4.98 Å². The number of hydrogen-bond donors (Lipinski definition) is 1. The Kier molecular flexibility index (Phi) is 4.95. The number of piperazine rings is 1. The minimum Gasteiger partial charge on any atom is -0.353 e. The van der Waals surface area contributed by atoms with Crippen LogP contribution in [-0.4, -0.2) is 67.0 Å². The maximum absolute atomic E-state index is 13.2. The van der Waals surface area contributed by atoms with Crippen LogP contribution in [0.2, 0.25) is 0 Å². The molecule has 0 unspecified atom stereocenters. The summed E-state index contributed by atoms with van der Waals surface area (Å²) in [6.07, 6.45) is 1.79. The van der Waals surface area contributed by atoms with Crippen molar-refractivity contribution in [1.82, 2.24) is 34.9 Å². The Morgan fingerprint density at radius 3 is 2.62 bits per heavy atom. The van der Waals surface area contributed by atoms with E-state index >= 15 is 0 Å². The van der Waals surface area contributed by atoms with Gasteiger partial charge in [-0.2, -0.15) is 4.52 Å². The van der Waals surface area contributed by atoms with Gasteiger partial charge in [0.2, 0.25) is 5.65 Å². The quantitative estimate of drug-likeness (QED) is 0.445. The molecule has 34 heavy (non-hydrogen) atoms. The van der Waals surface area contributed by atoms with Gasteiger partial charge in [-0.3, -0.25) is 4.79 Å². The van der Waals surface area contributed by atoms with Crippen molar-refractivity contribution in [1.29, 1.82) is 0 Å². The van der Waals surface area contributed by atoms with Crippen LogP contribution in [0.1, 0.15) is 10.4 Å². The van der Waals surface area contributed by atoms with Crippen LogP contribution in [-0.2, 0) is 0 Å². The monoisotopic (exact) mass is 451 g/mol. The largest absolute Gasteiger partial charge is 0.353 e. The molecule has 3 aromatic heterocycles. The molecule has 10 heteroatoms.